The maximum absolute atomic E-state index is 11.9. The van der Waals surface area contributed by atoms with Crippen LogP contribution in [0.5, 0.6) is 0 Å². The first-order chi connectivity index (χ1) is 14.5. The van der Waals surface area contributed by atoms with Crippen molar-refractivity contribution in [2.45, 2.75) is 18.8 Å². The highest BCUT2D eigenvalue weighted by Gasteiger charge is 2.18. The number of amides is 1. The Labute approximate surface area is 175 Å². The molecular formula is C22H26N6O2. The number of ether oxygens (including phenoxy) is 1. The number of carbonyl (C=O) groups is 1. The second kappa shape index (κ2) is 8.54. The van der Waals surface area contributed by atoms with Gasteiger partial charge in [-0.15, -0.1) is 0 Å². The van der Waals surface area contributed by atoms with Crippen LogP contribution in [0.3, 0.4) is 0 Å². The van der Waals surface area contributed by atoms with Crippen molar-refractivity contribution in [3.05, 3.63) is 60.0 Å². The lowest BCUT2D eigenvalue weighted by Crippen LogP contribution is -2.21. The van der Waals surface area contributed by atoms with E-state index in [1.54, 1.807) is 12.3 Å². The molecule has 1 saturated heterocycles. The first-order valence-corrected chi connectivity index (χ1v) is 9.98. The van der Waals surface area contributed by atoms with Gasteiger partial charge in [0.2, 0.25) is 5.95 Å². The van der Waals surface area contributed by atoms with Gasteiger partial charge in [0.1, 0.15) is 5.82 Å². The SMILES string of the molecule is CN(c1cc(Nc2ccc(C3CCOCC3)cc2)ncc1C(N)=O)c1nccn1C. The summed E-state index contributed by atoms with van der Waals surface area (Å²) in [6, 6.07) is 10.2. The molecule has 0 unspecified atom stereocenters. The van der Waals surface area contributed by atoms with Gasteiger partial charge in [0.25, 0.3) is 5.91 Å². The van der Waals surface area contributed by atoms with Crippen molar-refractivity contribution in [1.29, 1.82) is 0 Å². The molecule has 3 aromatic rings. The zero-order valence-corrected chi connectivity index (χ0v) is 17.2. The molecule has 0 atom stereocenters. The van der Waals surface area contributed by atoms with Crippen molar-refractivity contribution in [1.82, 2.24) is 14.5 Å². The maximum atomic E-state index is 11.9. The molecule has 0 spiro atoms. The third-order valence-electron chi connectivity index (χ3n) is 5.48. The number of aryl methyl sites for hydroxylation is 1. The molecule has 1 aromatic carbocycles. The van der Waals surface area contributed by atoms with Gasteiger partial charge in [-0.25, -0.2) is 9.97 Å². The minimum Gasteiger partial charge on any atom is -0.381 e. The number of imidazole rings is 1. The van der Waals surface area contributed by atoms with Crippen molar-refractivity contribution >= 4 is 29.0 Å². The van der Waals surface area contributed by atoms with Crippen LogP contribution >= 0.6 is 0 Å². The van der Waals surface area contributed by atoms with E-state index in [0.29, 0.717) is 28.9 Å². The Morgan fingerprint density at radius 2 is 1.97 bits per heavy atom. The monoisotopic (exact) mass is 406 g/mol. The van der Waals surface area contributed by atoms with Crippen LogP contribution in [0.15, 0.2) is 48.9 Å². The molecule has 2 aromatic heterocycles. The molecule has 1 aliphatic heterocycles. The van der Waals surface area contributed by atoms with E-state index < -0.39 is 5.91 Å². The number of rotatable bonds is 6. The molecule has 4 rings (SSSR count). The molecule has 30 heavy (non-hydrogen) atoms. The predicted octanol–water partition coefficient (Wildman–Crippen LogP) is 3.32. The van der Waals surface area contributed by atoms with Gasteiger partial charge in [0.05, 0.1) is 11.3 Å². The summed E-state index contributed by atoms with van der Waals surface area (Å²) in [6.45, 7) is 1.65. The van der Waals surface area contributed by atoms with Crippen LogP contribution in [-0.4, -0.2) is 40.7 Å². The van der Waals surface area contributed by atoms with E-state index in [9.17, 15) is 4.79 Å². The van der Waals surface area contributed by atoms with Crippen LogP contribution in [0, 0.1) is 0 Å². The Morgan fingerprint density at radius 1 is 1.23 bits per heavy atom. The third-order valence-corrected chi connectivity index (χ3v) is 5.48. The van der Waals surface area contributed by atoms with E-state index in [-0.39, 0.29) is 0 Å². The highest BCUT2D eigenvalue weighted by molar-refractivity contribution is 5.99. The molecule has 3 N–H and O–H groups in total. The first-order valence-electron chi connectivity index (χ1n) is 9.98. The van der Waals surface area contributed by atoms with Gasteiger partial charge in [-0.3, -0.25) is 4.79 Å². The number of nitrogens with zero attached hydrogens (tertiary/aromatic N) is 4. The average Bonchev–Trinajstić information content (AvgIpc) is 3.20. The lowest BCUT2D eigenvalue weighted by molar-refractivity contribution is 0.0853. The number of nitrogens with one attached hydrogen (secondary N) is 1. The lowest BCUT2D eigenvalue weighted by Gasteiger charge is -2.23. The number of hydrogen-bond acceptors (Lipinski definition) is 6. The minimum atomic E-state index is -0.536. The lowest BCUT2D eigenvalue weighted by atomic mass is 9.92. The van der Waals surface area contributed by atoms with Gasteiger partial charge in [0, 0.05) is 57.7 Å². The Kier molecular flexibility index (Phi) is 5.67. The summed E-state index contributed by atoms with van der Waals surface area (Å²) in [5.74, 6) is 1.33. The van der Waals surface area contributed by atoms with Gasteiger partial charge in [-0.1, -0.05) is 12.1 Å². The third kappa shape index (κ3) is 4.13. The van der Waals surface area contributed by atoms with E-state index in [0.717, 1.165) is 31.7 Å². The summed E-state index contributed by atoms with van der Waals surface area (Å²) in [6.07, 6.45) is 7.17. The van der Waals surface area contributed by atoms with Crippen LogP contribution < -0.4 is 16.0 Å². The number of benzene rings is 1. The summed E-state index contributed by atoms with van der Waals surface area (Å²) in [7, 11) is 3.74. The summed E-state index contributed by atoms with van der Waals surface area (Å²) in [4.78, 5) is 22.5. The smallest absolute Gasteiger partial charge is 0.252 e. The molecule has 8 heteroatoms. The summed E-state index contributed by atoms with van der Waals surface area (Å²) in [5, 5.41) is 3.31. The van der Waals surface area contributed by atoms with E-state index >= 15 is 0 Å². The summed E-state index contributed by atoms with van der Waals surface area (Å²) < 4.78 is 7.32. The van der Waals surface area contributed by atoms with Crippen molar-refractivity contribution < 1.29 is 9.53 Å². The van der Waals surface area contributed by atoms with E-state index in [1.165, 1.54) is 11.8 Å². The Bertz CT molecular complexity index is 1020. The van der Waals surface area contributed by atoms with Gasteiger partial charge in [-0.2, -0.15) is 0 Å². The van der Waals surface area contributed by atoms with Crippen LogP contribution in [-0.2, 0) is 11.8 Å². The van der Waals surface area contributed by atoms with Crippen LogP contribution in [0.1, 0.15) is 34.7 Å². The van der Waals surface area contributed by atoms with E-state index in [1.807, 2.05) is 29.8 Å². The number of primary amides is 1. The highest BCUT2D eigenvalue weighted by atomic mass is 16.5. The molecule has 1 aliphatic rings. The zero-order valence-electron chi connectivity index (χ0n) is 17.2. The van der Waals surface area contributed by atoms with Gasteiger partial charge in [-0.05, 0) is 36.5 Å². The number of carbonyl (C=O) groups excluding carboxylic acids is 1. The molecule has 1 amide bonds. The van der Waals surface area contributed by atoms with Crippen LogP contribution in [0.4, 0.5) is 23.1 Å². The first kappa shape index (κ1) is 19.9. The number of nitrogens with two attached hydrogens (primary N) is 1. The van der Waals surface area contributed by atoms with Crippen molar-refractivity contribution in [3.8, 4) is 0 Å². The molecule has 0 aliphatic carbocycles. The molecule has 3 heterocycles. The fourth-order valence-corrected chi connectivity index (χ4v) is 3.79. The average molecular weight is 406 g/mol. The fourth-order valence-electron chi connectivity index (χ4n) is 3.79. The second-order valence-electron chi connectivity index (χ2n) is 7.48. The normalized spacial score (nSPS) is 14.5. The maximum Gasteiger partial charge on any atom is 0.252 e. The molecule has 156 valence electrons. The zero-order chi connectivity index (χ0) is 21.1. The molecule has 0 bridgehead atoms. The molecule has 8 nitrogen and oxygen atoms in total. The minimum absolute atomic E-state index is 0.334. The number of pyridine rings is 1. The number of anilines is 4. The van der Waals surface area contributed by atoms with Crippen molar-refractivity contribution in [2.24, 2.45) is 12.8 Å². The molecule has 0 radical (unpaired) electrons. The predicted molar refractivity (Wildman–Crippen MR) is 117 cm³/mol. The van der Waals surface area contributed by atoms with Gasteiger partial charge < -0.3 is 25.3 Å². The molecule has 1 fully saturated rings. The summed E-state index contributed by atoms with van der Waals surface area (Å²) >= 11 is 0. The van der Waals surface area contributed by atoms with Crippen molar-refractivity contribution in [2.75, 3.05) is 30.5 Å². The Balaban J connectivity index is 1.57. The second-order valence-corrected chi connectivity index (χ2v) is 7.48. The van der Waals surface area contributed by atoms with Gasteiger partial charge >= 0.3 is 0 Å². The molecule has 0 saturated carbocycles. The van der Waals surface area contributed by atoms with Gasteiger partial charge in [0.15, 0.2) is 0 Å². The highest BCUT2D eigenvalue weighted by Crippen LogP contribution is 2.30. The quantitative estimate of drug-likeness (QED) is 0.652. The summed E-state index contributed by atoms with van der Waals surface area (Å²) in [5.41, 5.74) is 8.79. The fraction of sp³-hybridized carbons (Fsp3) is 0.318. The van der Waals surface area contributed by atoms with E-state index in [2.05, 4.69) is 39.6 Å². The van der Waals surface area contributed by atoms with Crippen LogP contribution in [0.2, 0.25) is 0 Å². The Morgan fingerprint density at radius 3 is 2.60 bits per heavy atom. The van der Waals surface area contributed by atoms with Crippen LogP contribution in [0.25, 0.3) is 0 Å². The largest absolute Gasteiger partial charge is 0.381 e. The number of hydrogen-bond donors (Lipinski definition) is 2. The standard InChI is InChI=1S/C22H26N6O2/c1-27-10-9-24-22(27)28(2)19-13-20(25-14-18(19)21(23)29)26-17-5-3-15(4-6-17)16-7-11-30-12-8-16/h3-6,9-10,13-14,16H,7-8,11-12H2,1-2H3,(H2,23,29)(H,25,26). The molecular weight excluding hydrogens is 380 g/mol. The van der Waals surface area contributed by atoms with Crippen molar-refractivity contribution in [3.63, 3.8) is 0 Å². The van der Waals surface area contributed by atoms with E-state index in [4.69, 9.17) is 10.5 Å². The number of aromatic nitrogens is 3. The topological polar surface area (TPSA) is 98.3 Å². The Hall–Kier alpha value is -3.39.